The van der Waals surface area contributed by atoms with E-state index in [1.54, 1.807) is 0 Å². The van der Waals surface area contributed by atoms with Crippen molar-refractivity contribution in [3.63, 3.8) is 0 Å². The van der Waals surface area contributed by atoms with E-state index in [0.29, 0.717) is 0 Å². The minimum absolute atomic E-state index is 0.102. The van der Waals surface area contributed by atoms with Gasteiger partial charge in [0, 0.05) is 11.1 Å². The Morgan fingerprint density at radius 3 is 2.88 bits per heavy atom. The van der Waals surface area contributed by atoms with E-state index in [1.165, 1.54) is 18.4 Å². The van der Waals surface area contributed by atoms with Crippen LogP contribution in [-0.2, 0) is 5.54 Å². The number of ether oxygens (including phenoxy) is 1. The molecule has 0 amide bonds. The van der Waals surface area contributed by atoms with Crippen LogP contribution in [-0.4, -0.2) is 13.2 Å². The zero-order valence-corrected chi connectivity index (χ0v) is 10.3. The normalized spacial score (nSPS) is 24.6. The molecule has 0 spiro atoms. The lowest BCUT2D eigenvalue weighted by atomic mass is 9.90. The van der Waals surface area contributed by atoms with Crippen LogP contribution in [0.25, 0.3) is 0 Å². The first kappa shape index (κ1) is 11.5. The average molecular weight is 219 g/mol. The third-order valence-corrected chi connectivity index (χ3v) is 3.31. The van der Waals surface area contributed by atoms with Crippen molar-refractivity contribution in [2.24, 2.45) is 0 Å². The van der Waals surface area contributed by atoms with E-state index in [1.807, 2.05) is 6.07 Å². The molecule has 1 aromatic carbocycles. The lowest BCUT2D eigenvalue weighted by Gasteiger charge is -2.27. The summed E-state index contributed by atoms with van der Waals surface area (Å²) in [4.78, 5) is 0. The summed E-state index contributed by atoms with van der Waals surface area (Å²) in [7, 11) is 0. The van der Waals surface area contributed by atoms with Gasteiger partial charge in [-0.25, -0.2) is 0 Å². The largest absolute Gasteiger partial charge is 0.493 e. The molecule has 2 rings (SSSR count). The fourth-order valence-electron chi connectivity index (χ4n) is 2.38. The molecule has 1 heterocycles. The Kier molecular flexibility index (Phi) is 3.49. The fourth-order valence-corrected chi connectivity index (χ4v) is 2.38. The van der Waals surface area contributed by atoms with E-state index >= 15 is 0 Å². The van der Waals surface area contributed by atoms with Crippen LogP contribution >= 0.6 is 0 Å². The van der Waals surface area contributed by atoms with Crippen LogP contribution in [0.2, 0.25) is 0 Å². The molecule has 1 N–H and O–H groups in total. The Labute approximate surface area is 98.0 Å². The Morgan fingerprint density at radius 2 is 2.19 bits per heavy atom. The molecule has 0 aromatic heterocycles. The summed E-state index contributed by atoms with van der Waals surface area (Å²) >= 11 is 0. The minimum atomic E-state index is 0.102. The smallest absolute Gasteiger partial charge is 0.124 e. The maximum Gasteiger partial charge on any atom is 0.124 e. The van der Waals surface area contributed by atoms with E-state index in [2.05, 4.69) is 37.4 Å². The minimum Gasteiger partial charge on any atom is -0.493 e. The van der Waals surface area contributed by atoms with Gasteiger partial charge in [-0.3, -0.25) is 0 Å². The summed E-state index contributed by atoms with van der Waals surface area (Å²) in [5.41, 5.74) is 1.41. The summed E-state index contributed by atoms with van der Waals surface area (Å²) in [6.07, 6.45) is 3.50. The lowest BCUT2D eigenvalue weighted by molar-refractivity contribution is 0.301. The first-order valence-electron chi connectivity index (χ1n) is 6.23. The van der Waals surface area contributed by atoms with Gasteiger partial charge in [0.2, 0.25) is 0 Å². The molecule has 1 saturated heterocycles. The molecule has 1 atom stereocenters. The highest BCUT2D eigenvalue weighted by Gasteiger charge is 2.32. The number of nitrogens with one attached hydrogen (secondary N) is 1. The standard InChI is InChI=1S/C14H21NO/c1-3-11-16-13-8-5-4-7-12(13)14(2)9-6-10-15-14/h4-5,7-8,15H,3,6,9-11H2,1-2H3. The summed E-state index contributed by atoms with van der Waals surface area (Å²) in [5, 5.41) is 3.59. The van der Waals surface area contributed by atoms with Crippen LogP contribution in [0.3, 0.4) is 0 Å². The van der Waals surface area contributed by atoms with Crippen molar-refractivity contribution in [3.8, 4) is 5.75 Å². The van der Waals surface area contributed by atoms with E-state index in [0.717, 1.165) is 25.3 Å². The van der Waals surface area contributed by atoms with Gasteiger partial charge >= 0.3 is 0 Å². The highest BCUT2D eigenvalue weighted by molar-refractivity contribution is 5.39. The molecule has 1 unspecified atom stereocenters. The highest BCUT2D eigenvalue weighted by atomic mass is 16.5. The Morgan fingerprint density at radius 1 is 1.38 bits per heavy atom. The number of para-hydroxylation sites is 1. The van der Waals surface area contributed by atoms with Gasteiger partial charge in [0.15, 0.2) is 0 Å². The fraction of sp³-hybridized carbons (Fsp3) is 0.571. The van der Waals surface area contributed by atoms with Gasteiger partial charge in [-0.1, -0.05) is 25.1 Å². The zero-order valence-electron chi connectivity index (χ0n) is 10.3. The lowest BCUT2D eigenvalue weighted by Crippen LogP contribution is -2.33. The monoisotopic (exact) mass is 219 g/mol. The zero-order chi connectivity index (χ0) is 11.4. The SMILES string of the molecule is CCCOc1ccccc1C1(C)CCCN1. The van der Waals surface area contributed by atoms with Gasteiger partial charge in [0.1, 0.15) is 5.75 Å². The predicted molar refractivity (Wildman–Crippen MR) is 66.8 cm³/mol. The Balaban J connectivity index is 2.24. The summed E-state index contributed by atoms with van der Waals surface area (Å²) in [5.74, 6) is 1.04. The average Bonchev–Trinajstić information content (AvgIpc) is 2.75. The molecular formula is C14H21NO. The van der Waals surface area contributed by atoms with E-state index < -0.39 is 0 Å². The van der Waals surface area contributed by atoms with Crippen LogP contribution in [0.1, 0.15) is 38.7 Å². The van der Waals surface area contributed by atoms with Gasteiger partial charge in [-0.05, 0) is 38.8 Å². The second-order valence-electron chi connectivity index (χ2n) is 4.71. The third kappa shape index (κ3) is 2.22. The van der Waals surface area contributed by atoms with Crippen molar-refractivity contribution in [3.05, 3.63) is 29.8 Å². The molecule has 0 bridgehead atoms. The van der Waals surface area contributed by atoms with Crippen molar-refractivity contribution in [2.45, 2.75) is 38.6 Å². The number of hydrogen-bond donors (Lipinski definition) is 1. The van der Waals surface area contributed by atoms with Crippen LogP contribution < -0.4 is 10.1 Å². The molecule has 2 nitrogen and oxygen atoms in total. The first-order chi connectivity index (χ1) is 7.76. The van der Waals surface area contributed by atoms with Crippen molar-refractivity contribution in [1.82, 2.24) is 5.32 Å². The summed E-state index contributed by atoms with van der Waals surface area (Å²) in [6.45, 7) is 6.32. The Bertz CT molecular complexity index is 342. The van der Waals surface area contributed by atoms with E-state index in [4.69, 9.17) is 4.74 Å². The van der Waals surface area contributed by atoms with Crippen LogP contribution in [0.4, 0.5) is 0 Å². The van der Waals surface area contributed by atoms with Crippen molar-refractivity contribution >= 4 is 0 Å². The molecule has 1 fully saturated rings. The summed E-state index contributed by atoms with van der Waals surface area (Å²) in [6, 6.07) is 8.41. The maximum absolute atomic E-state index is 5.82. The van der Waals surface area contributed by atoms with Gasteiger partial charge in [0.05, 0.1) is 6.61 Å². The number of benzene rings is 1. The van der Waals surface area contributed by atoms with E-state index in [9.17, 15) is 0 Å². The number of hydrogen-bond acceptors (Lipinski definition) is 2. The Hall–Kier alpha value is -1.02. The third-order valence-electron chi connectivity index (χ3n) is 3.31. The first-order valence-corrected chi connectivity index (χ1v) is 6.23. The van der Waals surface area contributed by atoms with Gasteiger partial charge in [0.25, 0.3) is 0 Å². The van der Waals surface area contributed by atoms with Gasteiger partial charge < -0.3 is 10.1 Å². The molecule has 2 heteroatoms. The molecule has 0 aliphatic carbocycles. The second kappa shape index (κ2) is 4.88. The van der Waals surface area contributed by atoms with Crippen LogP contribution in [0, 0.1) is 0 Å². The van der Waals surface area contributed by atoms with Crippen molar-refractivity contribution < 1.29 is 4.74 Å². The molecule has 0 saturated carbocycles. The van der Waals surface area contributed by atoms with Gasteiger partial charge in [-0.15, -0.1) is 0 Å². The molecule has 1 aromatic rings. The van der Waals surface area contributed by atoms with Crippen LogP contribution in [0.5, 0.6) is 5.75 Å². The van der Waals surface area contributed by atoms with Gasteiger partial charge in [-0.2, -0.15) is 0 Å². The van der Waals surface area contributed by atoms with Crippen molar-refractivity contribution in [2.75, 3.05) is 13.2 Å². The van der Waals surface area contributed by atoms with Crippen molar-refractivity contribution in [1.29, 1.82) is 0 Å². The molecule has 0 radical (unpaired) electrons. The molecule has 88 valence electrons. The second-order valence-corrected chi connectivity index (χ2v) is 4.71. The number of rotatable bonds is 4. The summed E-state index contributed by atoms with van der Waals surface area (Å²) < 4.78 is 5.82. The predicted octanol–water partition coefficient (Wildman–Crippen LogP) is 3.07. The van der Waals surface area contributed by atoms with E-state index in [-0.39, 0.29) is 5.54 Å². The molecule has 1 aliphatic heterocycles. The molecular weight excluding hydrogens is 198 g/mol. The topological polar surface area (TPSA) is 21.3 Å². The highest BCUT2D eigenvalue weighted by Crippen LogP contribution is 2.36. The molecule has 1 aliphatic rings. The quantitative estimate of drug-likeness (QED) is 0.840. The molecule has 16 heavy (non-hydrogen) atoms. The maximum atomic E-state index is 5.82. The van der Waals surface area contributed by atoms with Crippen LogP contribution in [0.15, 0.2) is 24.3 Å².